The molecule has 10 heteroatoms. The van der Waals surface area contributed by atoms with E-state index in [1.54, 1.807) is 92.9 Å². The third kappa shape index (κ3) is 12.8. The van der Waals surface area contributed by atoms with Crippen molar-refractivity contribution in [3.05, 3.63) is 120 Å². The molecule has 0 amide bonds. The Hall–Kier alpha value is -5.90. The molecule has 0 spiro atoms. The van der Waals surface area contributed by atoms with E-state index in [1.165, 1.54) is 6.08 Å². The van der Waals surface area contributed by atoms with Crippen molar-refractivity contribution in [3.63, 3.8) is 0 Å². The third-order valence-corrected chi connectivity index (χ3v) is 7.75. The second-order valence-electron chi connectivity index (χ2n) is 11.6. The molecule has 4 aromatic rings. The Morgan fingerprint density at radius 1 is 0.647 bits per heavy atom. The molecule has 0 aliphatic rings. The first-order valence-electron chi connectivity index (χ1n) is 16.8. The number of methoxy groups -OCH3 is 1. The lowest BCUT2D eigenvalue weighted by molar-refractivity contribution is -0.149. The van der Waals surface area contributed by atoms with Gasteiger partial charge in [-0.1, -0.05) is 44.2 Å². The largest absolute Gasteiger partial charge is 0.497 e. The lowest BCUT2D eigenvalue weighted by Crippen LogP contribution is -2.26. The summed E-state index contributed by atoms with van der Waals surface area (Å²) in [5, 5.41) is 0. The summed E-state index contributed by atoms with van der Waals surface area (Å²) in [6, 6.07) is 28.9. The van der Waals surface area contributed by atoms with Crippen LogP contribution in [0.5, 0.6) is 28.7 Å². The number of carbonyl (C=O) groups excluding carboxylic acids is 4. The van der Waals surface area contributed by atoms with Crippen LogP contribution in [-0.2, 0) is 19.1 Å². The van der Waals surface area contributed by atoms with Gasteiger partial charge in [0.1, 0.15) is 28.7 Å². The van der Waals surface area contributed by atoms with Gasteiger partial charge in [0.25, 0.3) is 0 Å². The third-order valence-electron chi connectivity index (χ3n) is 7.75. The first-order valence-corrected chi connectivity index (χ1v) is 16.8. The normalized spacial score (nSPS) is 12.0. The fourth-order valence-corrected chi connectivity index (χ4v) is 4.81. The van der Waals surface area contributed by atoms with E-state index >= 15 is 0 Å². The minimum atomic E-state index is -0.529. The second-order valence-corrected chi connectivity index (χ2v) is 11.6. The smallest absolute Gasteiger partial charge is 0.343 e. The maximum absolute atomic E-state index is 12.9. The van der Waals surface area contributed by atoms with Crippen molar-refractivity contribution in [1.29, 1.82) is 0 Å². The van der Waals surface area contributed by atoms with E-state index in [0.29, 0.717) is 60.2 Å². The first kappa shape index (κ1) is 37.9. The van der Waals surface area contributed by atoms with Crippen LogP contribution in [-0.4, -0.2) is 44.2 Å². The van der Waals surface area contributed by atoms with E-state index in [1.807, 2.05) is 37.3 Å². The number of unbranched alkanes of at least 4 members (excludes halogenated alkanes) is 1. The Morgan fingerprint density at radius 3 is 1.84 bits per heavy atom. The molecule has 0 bridgehead atoms. The van der Waals surface area contributed by atoms with Crippen molar-refractivity contribution >= 4 is 30.0 Å². The lowest BCUT2D eigenvalue weighted by Gasteiger charge is -2.18. The average molecular weight is 695 g/mol. The molecule has 4 rings (SSSR count). The highest BCUT2D eigenvalue weighted by atomic mass is 16.5. The van der Waals surface area contributed by atoms with Crippen molar-refractivity contribution in [2.75, 3.05) is 20.3 Å². The summed E-state index contributed by atoms with van der Waals surface area (Å²) in [6.07, 6.45) is 5.01. The fourth-order valence-electron chi connectivity index (χ4n) is 4.81. The van der Waals surface area contributed by atoms with Gasteiger partial charge in [0.15, 0.2) is 0 Å². The SMILES string of the molecule is CCC(CC(C)C(=O)OCCCCOc1ccc(C(=O)Oc2ccc(OC)cc2)cc1)C(=O)Oc1ccc(OC(=O)/C=C/c2ccccc2)cc1. The maximum atomic E-state index is 12.9. The van der Waals surface area contributed by atoms with Crippen LogP contribution < -0.4 is 23.7 Å². The summed E-state index contributed by atoms with van der Waals surface area (Å²) in [5.74, 6) is -0.548. The van der Waals surface area contributed by atoms with Crippen LogP contribution in [0, 0.1) is 11.8 Å². The minimum Gasteiger partial charge on any atom is -0.497 e. The standard InChI is InChI=1S/C41H42O10/c1-4-31(40(44)50-37-23-21-35(22-24-37)49-38(42)25-12-30-10-6-5-7-11-30)28-29(2)39(43)48-27-9-8-26-47-34-15-13-32(14-16-34)41(45)51-36-19-17-33(46-3)18-20-36/h5-7,10-25,29,31H,4,8-9,26-28H2,1-3H3/b25-12+. The zero-order valence-electron chi connectivity index (χ0n) is 28.9. The van der Waals surface area contributed by atoms with Gasteiger partial charge >= 0.3 is 23.9 Å². The Kier molecular flexibility index (Phi) is 14.8. The summed E-state index contributed by atoms with van der Waals surface area (Å²) >= 11 is 0. The summed E-state index contributed by atoms with van der Waals surface area (Å²) < 4.78 is 32.5. The summed E-state index contributed by atoms with van der Waals surface area (Å²) in [7, 11) is 1.56. The fraction of sp³-hybridized carbons (Fsp3) is 0.268. The quantitative estimate of drug-likeness (QED) is 0.0440. The van der Waals surface area contributed by atoms with Crippen molar-refractivity contribution in [1.82, 2.24) is 0 Å². The average Bonchev–Trinajstić information content (AvgIpc) is 3.15. The van der Waals surface area contributed by atoms with Gasteiger partial charge in [0, 0.05) is 6.08 Å². The number of esters is 4. The van der Waals surface area contributed by atoms with Gasteiger partial charge in [0.2, 0.25) is 0 Å². The highest BCUT2D eigenvalue weighted by Gasteiger charge is 2.26. The molecular formula is C41H42O10. The second kappa shape index (κ2) is 19.9. The van der Waals surface area contributed by atoms with Crippen LogP contribution in [0.4, 0.5) is 0 Å². The Labute approximate surface area is 297 Å². The Bertz CT molecular complexity index is 1730. The van der Waals surface area contributed by atoms with Crippen LogP contribution in [0.15, 0.2) is 109 Å². The molecule has 0 aliphatic heterocycles. The van der Waals surface area contributed by atoms with Crippen molar-refractivity contribution in [2.24, 2.45) is 11.8 Å². The highest BCUT2D eigenvalue weighted by Crippen LogP contribution is 2.23. The molecule has 0 radical (unpaired) electrons. The molecule has 2 unspecified atom stereocenters. The van der Waals surface area contributed by atoms with Gasteiger partial charge in [-0.3, -0.25) is 9.59 Å². The van der Waals surface area contributed by atoms with E-state index < -0.39 is 29.7 Å². The molecular weight excluding hydrogens is 652 g/mol. The Balaban J connectivity index is 1.10. The Morgan fingerprint density at radius 2 is 1.22 bits per heavy atom. The monoisotopic (exact) mass is 694 g/mol. The molecule has 51 heavy (non-hydrogen) atoms. The molecule has 4 aromatic carbocycles. The van der Waals surface area contributed by atoms with Gasteiger partial charge in [-0.15, -0.1) is 0 Å². The molecule has 266 valence electrons. The van der Waals surface area contributed by atoms with Crippen LogP contribution in [0.25, 0.3) is 6.08 Å². The topological polar surface area (TPSA) is 124 Å². The maximum Gasteiger partial charge on any atom is 0.343 e. The van der Waals surface area contributed by atoms with E-state index in [-0.39, 0.29) is 19.0 Å². The number of carbonyl (C=O) groups is 4. The van der Waals surface area contributed by atoms with Crippen molar-refractivity contribution < 1.29 is 47.6 Å². The van der Waals surface area contributed by atoms with E-state index in [2.05, 4.69) is 0 Å². The summed E-state index contributed by atoms with van der Waals surface area (Å²) in [6.45, 7) is 4.22. The van der Waals surface area contributed by atoms with Gasteiger partial charge in [-0.25, -0.2) is 9.59 Å². The lowest BCUT2D eigenvalue weighted by atomic mass is 9.94. The minimum absolute atomic E-state index is 0.225. The molecule has 0 saturated heterocycles. The number of hydrogen-bond acceptors (Lipinski definition) is 10. The molecule has 0 fully saturated rings. The van der Waals surface area contributed by atoms with E-state index in [4.69, 9.17) is 28.4 Å². The van der Waals surface area contributed by atoms with Gasteiger partial charge in [-0.05, 0) is 110 Å². The molecule has 0 heterocycles. The van der Waals surface area contributed by atoms with Crippen LogP contribution in [0.3, 0.4) is 0 Å². The molecule has 2 atom stereocenters. The van der Waals surface area contributed by atoms with Crippen LogP contribution in [0.2, 0.25) is 0 Å². The van der Waals surface area contributed by atoms with Crippen molar-refractivity contribution in [2.45, 2.75) is 39.5 Å². The van der Waals surface area contributed by atoms with Crippen LogP contribution in [0.1, 0.15) is 55.5 Å². The zero-order valence-corrected chi connectivity index (χ0v) is 28.9. The number of rotatable bonds is 18. The van der Waals surface area contributed by atoms with Gasteiger partial charge in [-0.2, -0.15) is 0 Å². The van der Waals surface area contributed by atoms with Crippen LogP contribution >= 0.6 is 0 Å². The molecule has 0 aliphatic carbocycles. The number of benzene rings is 4. The predicted octanol–water partition coefficient (Wildman–Crippen LogP) is 7.89. The molecule has 0 saturated carbocycles. The van der Waals surface area contributed by atoms with E-state index in [0.717, 1.165) is 5.56 Å². The predicted molar refractivity (Wildman–Crippen MR) is 191 cm³/mol. The molecule has 0 N–H and O–H groups in total. The van der Waals surface area contributed by atoms with Gasteiger partial charge in [0.05, 0.1) is 37.7 Å². The van der Waals surface area contributed by atoms with Gasteiger partial charge < -0.3 is 28.4 Å². The zero-order chi connectivity index (χ0) is 36.4. The van der Waals surface area contributed by atoms with Crippen molar-refractivity contribution in [3.8, 4) is 28.7 Å². The summed E-state index contributed by atoms with van der Waals surface area (Å²) in [4.78, 5) is 50.0. The first-order chi connectivity index (χ1) is 24.7. The molecule has 0 aromatic heterocycles. The molecule has 10 nitrogen and oxygen atoms in total. The van der Waals surface area contributed by atoms with E-state index in [9.17, 15) is 19.2 Å². The highest BCUT2D eigenvalue weighted by molar-refractivity contribution is 5.91. The number of ether oxygens (including phenoxy) is 6. The number of hydrogen-bond donors (Lipinski definition) is 0. The summed E-state index contributed by atoms with van der Waals surface area (Å²) in [5.41, 5.74) is 1.26.